The molecule has 0 radical (unpaired) electrons. The predicted octanol–water partition coefficient (Wildman–Crippen LogP) is 5.53. The van der Waals surface area contributed by atoms with Crippen molar-refractivity contribution in [3.05, 3.63) is 50.4 Å². The molecule has 0 aromatic heterocycles. The van der Waals surface area contributed by atoms with Crippen molar-refractivity contribution in [3.63, 3.8) is 0 Å². The average molecular weight is 542 g/mol. The van der Waals surface area contributed by atoms with Crippen molar-refractivity contribution in [2.45, 2.75) is 39.0 Å². The van der Waals surface area contributed by atoms with Crippen LogP contribution in [0.2, 0.25) is 0 Å². The molecule has 0 aliphatic heterocycles. The quantitative estimate of drug-likeness (QED) is 0.261. The molecule has 0 saturated heterocycles. The van der Waals surface area contributed by atoms with E-state index in [0.717, 1.165) is 10.2 Å². The molecular weight excluding hydrogens is 516 g/mol. The number of hydrogen-bond acceptors (Lipinski definition) is 5. The first-order valence-electron chi connectivity index (χ1n) is 9.43. The van der Waals surface area contributed by atoms with Crippen LogP contribution in [0.25, 0.3) is 0 Å². The largest absolute Gasteiger partial charge is 0.503 e. The summed E-state index contributed by atoms with van der Waals surface area (Å²) in [5, 5.41) is 13.7. The minimum atomic E-state index is -0.207. The molecule has 2 rings (SSSR count). The molecule has 8 heteroatoms. The van der Waals surface area contributed by atoms with E-state index in [2.05, 4.69) is 75.3 Å². The first kappa shape index (κ1) is 24.2. The van der Waals surface area contributed by atoms with Crippen LogP contribution in [-0.2, 0) is 10.2 Å². The lowest BCUT2D eigenvalue weighted by atomic mass is 9.87. The van der Waals surface area contributed by atoms with E-state index in [-0.39, 0.29) is 23.5 Å². The molecule has 2 aromatic carbocycles. The van der Waals surface area contributed by atoms with Gasteiger partial charge in [0, 0.05) is 6.42 Å². The number of rotatable bonds is 8. The van der Waals surface area contributed by atoms with E-state index in [4.69, 9.17) is 9.47 Å². The van der Waals surface area contributed by atoms with E-state index >= 15 is 0 Å². The number of benzene rings is 2. The number of amides is 1. The van der Waals surface area contributed by atoms with Gasteiger partial charge in [0.05, 0.1) is 28.9 Å². The topological polar surface area (TPSA) is 80.2 Å². The Morgan fingerprint density at radius 2 is 1.90 bits per heavy atom. The molecule has 162 valence electrons. The van der Waals surface area contributed by atoms with Crippen LogP contribution in [0.15, 0.2) is 44.4 Å². The number of hydrazone groups is 1. The Bertz CT molecular complexity index is 924. The maximum atomic E-state index is 11.9. The van der Waals surface area contributed by atoms with E-state index in [0.29, 0.717) is 28.8 Å². The molecule has 0 aliphatic carbocycles. The van der Waals surface area contributed by atoms with E-state index in [1.807, 2.05) is 6.07 Å². The fraction of sp³-hybridized carbons (Fsp3) is 0.364. The minimum absolute atomic E-state index is 0.0124. The lowest BCUT2D eigenvalue weighted by Crippen LogP contribution is -2.18. The van der Waals surface area contributed by atoms with Gasteiger partial charge in [-0.05, 0) is 79.1 Å². The molecule has 0 atom stereocenters. The lowest BCUT2D eigenvalue weighted by molar-refractivity contribution is -0.121. The number of aromatic hydroxyl groups is 1. The first-order chi connectivity index (χ1) is 14.1. The van der Waals surface area contributed by atoms with E-state index in [9.17, 15) is 9.90 Å². The van der Waals surface area contributed by atoms with Crippen LogP contribution in [0.3, 0.4) is 0 Å². The van der Waals surface area contributed by atoms with Crippen molar-refractivity contribution in [2.24, 2.45) is 5.10 Å². The van der Waals surface area contributed by atoms with E-state index in [1.54, 1.807) is 12.1 Å². The van der Waals surface area contributed by atoms with Crippen molar-refractivity contribution in [2.75, 3.05) is 13.7 Å². The molecule has 1 amide bonds. The van der Waals surface area contributed by atoms with Crippen LogP contribution >= 0.6 is 31.9 Å². The number of carbonyl (C=O) groups is 1. The Morgan fingerprint density at radius 1 is 1.17 bits per heavy atom. The first-order valence-corrected chi connectivity index (χ1v) is 11.0. The van der Waals surface area contributed by atoms with Crippen molar-refractivity contribution < 1.29 is 19.4 Å². The van der Waals surface area contributed by atoms with Crippen LogP contribution in [0, 0.1) is 0 Å². The number of phenols is 1. The average Bonchev–Trinajstić information content (AvgIpc) is 2.68. The minimum Gasteiger partial charge on any atom is -0.503 e. The van der Waals surface area contributed by atoms with Gasteiger partial charge < -0.3 is 14.6 Å². The summed E-state index contributed by atoms with van der Waals surface area (Å²) in [4.78, 5) is 11.9. The van der Waals surface area contributed by atoms with E-state index in [1.165, 1.54) is 18.9 Å². The Kier molecular flexibility index (Phi) is 8.73. The lowest BCUT2D eigenvalue weighted by Gasteiger charge is -2.20. The van der Waals surface area contributed by atoms with Gasteiger partial charge in [-0.15, -0.1) is 0 Å². The normalized spacial score (nSPS) is 11.5. The standard InChI is InChI=1S/C22H26Br2N2O4/c1-22(2,3)15-7-8-18(16(23)12-15)30-9-5-6-20(27)26-25-13-14-10-17(24)21(28)19(11-14)29-4/h7-8,10-13,28H,5-6,9H2,1-4H3,(H,26,27)/b25-13+. The Balaban J connectivity index is 1.78. The van der Waals surface area contributed by atoms with Gasteiger partial charge in [0.2, 0.25) is 5.91 Å². The smallest absolute Gasteiger partial charge is 0.240 e. The second-order valence-electron chi connectivity index (χ2n) is 7.69. The Labute approximate surface area is 193 Å². The fourth-order valence-electron chi connectivity index (χ4n) is 2.56. The summed E-state index contributed by atoms with van der Waals surface area (Å²) in [5.41, 5.74) is 4.44. The molecule has 0 saturated carbocycles. The highest BCUT2D eigenvalue weighted by molar-refractivity contribution is 9.10. The van der Waals surface area contributed by atoms with Gasteiger partial charge >= 0.3 is 0 Å². The van der Waals surface area contributed by atoms with Gasteiger partial charge in [0.25, 0.3) is 0 Å². The van der Waals surface area contributed by atoms with Crippen molar-refractivity contribution in [1.82, 2.24) is 5.43 Å². The Hall–Kier alpha value is -2.06. The molecule has 0 heterocycles. The maximum absolute atomic E-state index is 11.9. The van der Waals surface area contributed by atoms with Crippen molar-refractivity contribution >= 4 is 44.0 Å². The summed E-state index contributed by atoms with van der Waals surface area (Å²) < 4.78 is 12.2. The fourth-order valence-corrected chi connectivity index (χ4v) is 3.51. The third-order valence-corrected chi connectivity index (χ3v) is 5.50. The molecule has 0 fully saturated rings. The second-order valence-corrected chi connectivity index (χ2v) is 9.40. The zero-order chi connectivity index (χ0) is 22.3. The summed E-state index contributed by atoms with van der Waals surface area (Å²) in [7, 11) is 1.46. The number of ether oxygens (including phenoxy) is 2. The van der Waals surface area contributed by atoms with Gasteiger partial charge in [-0.1, -0.05) is 26.8 Å². The number of phenolic OH excluding ortho intramolecular Hbond substituents is 1. The Morgan fingerprint density at radius 3 is 2.53 bits per heavy atom. The van der Waals surface area contributed by atoms with Gasteiger partial charge in [-0.3, -0.25) is 4.79 Å². The van der Waals surface area contributed by atoms with Crippen molar-refractivity contribution in [3.8, 4) is 17.2 Å². The van der Waals surface area contributed by atoms with E-state index < -0.39 is 0 Å². The van der Waals surface area contributed by atoms with Gasteiger partial charge in [-0.25, -0.2) is 5.43 Å². The zero-order valence-corrected chi connectivity index (χ0v) is 20.6. The zero-order valence-electron chi connectivity index (χ0n) is 17.5. The highest BCUT2D eigenvalue weighted by Gasteiger charge is 2.15. The van der Waals surface area contributed by atoms with Crippen LogP contribution in [-0.4, -0.2) is 30.9 Å². The van der Waals surface area contributed by atoms with Gasteiger partial charge in [-0.2, -0.15) is 5.10 Å². The van der Waals surface area contributed by atoms with Crippen molar-refractivity contribution in [1.29, 1.82) is 0 Å². The number of nitrogens with one attached hydrogen (secondary N) is 1. The molecule has 0 spiro atoms. The number of carbonyl (C=O) groups excluding carboxylic acids is 1. The molecular formula is C22H26Br2N2O4. The third kappa shape index (κ3) is 7.02. The maximum Gasteiger partial charge on any atom is 0.240 e. The summed E-state index contributed by atoms with van der Waals surface area (Å²) in [5.74, 6) is 0.879. The summed E-state index contributed by atoms with van der Waals surface area (Å²) >= 11 is 6.79. The summed E-state index contributed by atoms with van der Waals surface area (Å²) in [6.45, 7) is 6.90. The highest BCUT2D eigenvalue weighted by atomic mass is 79.9. The van der Waals surface area contributed by atoms with Crippen LogP contribution in [0.5, 0.6) is 17.2 Å². The number of methoxy groups -OCH3 is 1. The number of halogens is 2. The molecule has 0 unspecified atom stereocenters. The third-order valence-electron chi connectivity index (χ3n) is 4.28. The number of hydrogen-bond donors (Lipinski definition) is 2. The monoisotopic (exact) mass is 540 g/mol. The highest BCUT2D eigenvalue weighted by Crippen LogP contribution is 2.34. The summed E-state index contributed by atoms with van der Waals surface area (Å²) in [6, 6.07) is 9.35. The summed E-state index contributed by atoms with van der Waals surface area (Å²) in [6.07, 6.45) is 2.33. The predicted molar refractivity (Wildman–Crippen MR) is 126 cm³/mol. The second kappa shape index (κ2) is 10.8. The van der Waals surface area contributed by atoms with Crippen LogP contribution < -0.4 is 14.9 Å². The molecule has 30 heavy (non-hydrogen) atoms. The van der Waals surface area contributed by atoms with Gasteiger partial charge in [0.1, 0.15) is 5.75 Å². The molecule has 6 nitrogen and oxygen atoms in total. The SMILES string of the molecule is COc1cc(/C=N/NC(=O)CCCOc2ccc(C(C)(C)C)cc2Br)cc(Br)c1O. The van der Waals surface area contributed by atoms with Gasteiger partial charge in [0.15, 0.2) is 11.5 Å². The molecule has 2 aromatic rings. The van der Waals surface area contributed by atoms with Crippen LogP contribution in [0.4, 0.5) is 0 Å². The van der Waals surface area contributed by atoms with Crippen LogP contribution in [0.1, 0.15) is 44.7 Å². The number of nitrogens with zero attached hydrogens (tertiary/aromatic N) is 1. The molecule has 2 N–H and O–H groups in total. The molecule has 0 aliphatic rings. The molecule has 0 bridgehead atoms.